The quantitative estimate of drug-likeness (QED) is 0.687. The topological polar surface area (TPSA) is 85.1 Å². The molecule has 20 heavy (non-hydrogen) atoms. The number of aromatic nitrogens is 1. The van der Waals surface area contributed by atoms with Gasteiger partial charge in [-0.3, -0.25) is 19.9 Å². The van der Waals surface area contributed by atoms with Crippen LogP contribution in [0.1, 0.15) is 5.56 Å². The number of pyridine rings is 1. The second kappa shape index (κ2) is 6.25. The molecule has 0 saturated heterocycles. The third-order valence-electron chi connectivity index (χ3n) is 2.54. The first-order chi connectivity index (χ1) is 9.56. The van der Waals surface area contributed by atoms with Crippen molar-refractivity contribution in [1.82, 2.24) is 4.98 Å². The second-order valence-corrected chi connectivity index (χ2v) is 4.85. The van der Waals surface area contributed by atoms with Gasteiger partial charge in [-0.2, -0.15) is 0 Å². The fourth-order valence-corrected chi connectivity index (χ4v) is 2.11. The van der Waals surface area contributed by atoms with Crippen LogP contribution in [0.5, 0.6) is 0 Å². The molecule has 0 aliphatic heterocycles. The Morgan fingerprint density at radius 1 is 1.40 bits per heavy atom. The van der Waals surface area contributed by atoms with Crippen LogP contribution in [0, 0.1) is 10.1 Å². The van der Waals surface area contributed by atoms with Crippen LogP contribution in [0.15, 0.2) is 47.2 Å². The maximum Gasteiger partial charge on any atom is 0.270 e. The number of hydrogen-bond acceptors (Lipinski definition) is 4. The van der Waals surface area contributed by atoms with E-state index in [1.807, 2.05) is 0 Å². The lowest BCUT2D eigenvalue weighted by Crippen LogP contribution is -2.14. The molecule has 0 bridgehead atoms. The molecule has 1 aromatic carbocycles. The van der Waals surface area contributed by atoms with E-state index in [4.69, 9.17) is 0 Å². The largest absolute Gasteiger partial charge is 0.324 e. The lowest BCUT2D eigenvalue weighted by Gasteiger charge is -2.06. The Morgan fingerprint density at radius 3 is 2.80 bits per heavy atom. The van der Waals surface area contributed by atoms with Crippen molar-refractivity contribution in [2.24, 2.45) is 0 Å². The summed E-state index contributed by atoms with van der Waals surface area (Å²) in [6.45, 7) is 0. The van der Waals surface area contributed by atoms with Crippen molar-refractivity contribution >= 4 is 33.2 Å². The summed E-state index contributed by atoms with van der Waals surface area (Å²) in [6, 6.07) is 7.77. The van der Waals surface area contributed by atoms with E-state index in [1.54, 1.807) is 30.6 Å². The number of nitro groups is 1. The summed E-state index contributed by atoms with van der Waals surface area (Å²) in [5.74, 6) is -0.215. The molecule has 0 aliphatic carbocycles. The molecular formula is C13H10BrN3O3. The number of halogens is 1. The standard InChI is InChI=1S/C13H10BrN3O3/c14-12-7-11(17(19)20)4-3-9(12)6-13(18)16-10-2-1-5-15-8-10/h1-5,7-8H,6H2,(H,16,18). The highest BCUT2D eigenvalue weighted by Gasteiger charge is 2.12. The molecular weight excluding hydrogens is 326 g/mol. The van der Waals surface area contributed by atoms with E-state index < -0.39 is 4.92 Å². The molecule has 0 radical (unpaired) electrons. The van der Waals surface area contributed by atoms with Crippen LogP contribution >= 0.6 is 15.9 Å². The molecule has 0 atom stereocenters. The van der Waals surface area contributed by atoms with Gasteiger partial charge in [-0.15, -0.1) is 0 Å². The third-order valence-corrected chi connectivity index (χ3v) is 3.28. The number of rotatable bonds is 4. The first-order valence-corrected chi connectivity index (χ1v) is 6.48. The van der Waals surface area contributed by atoms with Crippen LogP contribution in [0.4, 0.5) is 11.4 Å². The smallest absolute Gasteiger partial charge is 0.270 e. The molecule has 1 aromatic heterocycles. The van der Waals surface area contributed by atoms with Crippen molar-refractivity contribution in [3.8, 4) is 0 Å². The van der Waals surface area contributed by atoms with Crippen LogP contribution in [-0.2, 0) is 11.2 Å². The lowest BCUT2D eigenvalue weighted by atomic mass is 10.1. The summed E-state index contributed by atoms with van der Waals surface area (Å²) in [5.41, 5.74) is 1.26. The Morgan fingerprint density at radius 2 is 2.20 bits per heavy atom. The monoisotopic (exact) mass is 335 g/mol. The van der Waals surface area contributed by atoms with Gasteiger partial charge in [0, 0.05) is 22.8 Å². The van der Waals surface area contributed by atoms with Gasteiger partial charge in [0.15, 0.2) is 0 Å². The number of benzene rings is 1. The molecule has 7 heteroatoms. The number of nitrogens with zero attached hydrogens (tertiary/aromatic N) is 2. The average Bonchev–Trinajstić information content (AvgIpc) is 2.42. The summed E-state index contributed by atoms with van der Waals surface area (Å²) in [4.78, 5) is 25.9. The highest BCUT2D eigenvalue weighted by atomic mass is 79.9. The van der Waals surface area contributed by atoms with E-state index in [-0.39, 0.29) is 18.0 Å². The molecule has 0 fully saturated rings. The summed E-state index contributed by atoms with van der Waals surface area (Å²) in [6.07, 6.45) is 3.28. The van der Waals surface area contributed by atoms with E-state index in [9.17, 15) is 14.9 Å². The highest BCUT2D eigenvalue weighted by Crippen LogP contribution is 2.23. The van der Waals surface area contributed by atoms with E-state index >= 15 is 0 Å². The minimum atomic E-state index is -0.482. The zero-order valence-electron chi connectivity index (χ0n) is 10.2. The van der Waals surface area contributed by atoms with Gasteiger partial charge in [-0.1, -0.05) is 22.0 Å². The summed E-state index contributed by atoms with van der Waals surface area (Å²) < 4.78 is 0.535. The Bertz CT molecular complexity index is 647. The van der Waals surface area contributed by atoms with Crippen LogP contribution in [0.2, 0.25) is 0 Å². The number of anilines is 1. The minimum Gasteiger partial charge on any atom is -0.324 e. The van der Waals surface area contributed by atoms with Crippen molar-refractivity contribution < 1.29 is 9.72 Å². The van der Waals surface area contributed by atoms with Gasteiger partial charge in [0.05, 0.1) is 23.2 Å². The predicted octanol–water partition coefficient (Wildman–Crippen LogP) is 2.93. The maximum absolute atomic E-state index is 11.9. The molecule has 1 amide bonds. The molecule has 6 nitrogen and oxygen atoms in total. The predicted molar refractivity (Wildman–Crippen MR) is 77.4 cm³/mol. The van der Waals surface area contributed by atoms with E-state index in [0.29, 0.717) is 15.7 Å². The molecule has 0 spiro atoms. The summed E-state index contributed by atoms with van der Waals surface area (Å²) in [5, 5.41) is 13.3. The molecule has 2 aromatic rings. The summed E-state index contributed by atoms with van der Waals surface area (Å²) in [7, 11) is 0. The highest BCUT2D eigenvalue weighted by molar-refractivity contribution is 9.10. The molecule has 0 saturated carbocycles. The molecule has 1 heterocycles. The van der Waals surface area contributed by atoms with Gasteiger partial charge >= 0.3 is 0 Å². The third kappa shape index (κ3) is 3.61. The molecule has 0 unspecified atom stereocenters. The van der Waals surface area contributed by atoms with E-state index in [2.05, 4.69) is 26.2 Å². The number of carbonyl (C=O) groups excluding carboxylic acids is 1. The number of amides is 1. The fraction of sp³-hybridized carbons (Fsp3) is 0.0769. The van der Waals surface area contributed by atoms with Gasteiger partial charge in [0.1, 0.15) is 0 Å². The van der Waals surface area contributed by atoms with E-state index in [0.717, 1.165) is 0 Å². The van der Waals surface area contributed by atoms with Crippen LogP contribution in [-0.4, -0.2) is 15.8 Å². The average molecular weight is 336 g/mol. The van der Waals surface area contributed by atoms with Crippen molar-refractivity contribution in [1.29, 1.82) is 0 Å². The molecule has 1 N–H and O–H groups in total. The van der Waals surface area contributed by atoms with Crippen molar-refractivity contribution in [2.45, 2.75) is 6.42 Å². The number of hydrogen-bond donors (Lipinski definition) is 1. The molecule has 2 rings (SSSR count). The second-order valence-electron chi connectivity index (χ2n) is 4.00. The van der Waals surface area contributed by atoms with Crippen molar-refractivity contribution in [3.63, 3.8) is 0 Å². The summed E-state index contributed by atoms with van der Waals surface area (Å²) >= 11 is 3.23. The normalized spacial score (nSPS) is 10.1. The fourth-order valence-electron chi connectivity index (χ4n) is 1.61. The van der Waals surface area contributed by atoms with Crippen LogP contribution in [0.3, 0.4) is 0 Å². The minimum absolute atomic E-state index is 0.0201. The number of nitro benzene ring substituents is 1. The van der Waals surface area contributed by atoms with Gasteiger partial charge in [-0.05, 0) is 17.7 Å². The van der Waals surface area contributed by atoms with Gasteiger partial charge in [0.2, 0.25) is 5.91 Å². The van der Waals surface area contributed by atoms with Gasteiger partial charge in [0.25, 0.3) is 5.69 Å². The van der Waals surface area contributed by atoms with Gasteiger partial charge in [-0.25, -0.2) is 0 Å². The first-order valence-electron chi connectivity index (χ1n) is 5.69. The zero-order valence-corrected chi connectivity index (χ0v) is 11.8. The molecule has 102 valence electrons. The maximum atomic E-state index is 11.9. The Labute approximate surface area is 123 Å². The Kier molecular flexibility index (Phi) is 4.41. The van der Waals surface area contributed by atoms with Crippen LogP contribution < -0.4 is 5.32 Å². The number of nitrogens with one attached hydrogen (secondary N) is 1. The first kappa shape index (κ1) is 14.1. The zero-order chi connectivity index (χ0) is 14.5. The van der Waals surface area contributed by atoms with E-state index in [1.165, 1.54) is 12.1 Å². The van der Waals surface area contributed by atoms with Crippen LogP contribution in [0.25, 0.3) is 0 Å². The Balaban J connectivity index is 2.06. The lowest BCUT2D eigenvalue weighted by molar-refractivity contribution is -0.384. The van der Waals surface area contributed by atoms with Crippen molar-refractivity contribution in [3.05, 3.63) is 62.9 Å². The number of non-ortho nitro benzene ring substituents is 1. The van der Waals surface area contributed by atoms with Gasteiger partial charge < -0.3 is 5.32 Å². The van der Waals surface area contributed by atoms with Crippen molar-refractivity contribution in [2.75, 3.05) is 5.32 Å². The number of carbonyl (C=O) groups is 1. The SMILES string of the molecule is O=C(Cc1ccc([N+](=O)[O-])cc1Br)Nc1cccnc1. The molecule has 0 aliphatic rings. The Hall–Kier alpha value is -2.28.